The number of hydrogen-bond acceptors (Lipinski definition) is 20. The van der Waals surface area contributed by atoms with Crippen LogP contribution in [0.5, 0.6) is 0 Å². The summed E-state index contributed by atoms with van der Waals surface area (Å²) >= 11 is 0. The van der Waals surface area contributed by atoms with E-state index in [9.17, 15) is 43.6 Å². The molecular weight excluding hydrogens is 790 g/mol. The van der Waals surface area contributed by atoms with Gasteiger partial charge in [0.05, 0.1) is 19.5 Å². The average molecular weight is 829 g/mol. The number of nitrogen functional groups attached to an aromatic ring is 2. The third kappa shape index (κ3) is 10.7. The second-order valence-electron chi connectivity index (χ2n) is 12.6. The Balaban J connectivity index is 1.33. The summed E-state index contributed by atoms with van der Waals surface area (Å²) in [6.45, 7) is 4.15. The minimum atomic E-state index is -5.16. The van der Waals surface area contributed by atoms with Gasteiger partial charge in [-0.2, -0.15) is 4.98 Å². The van der Waals surface area contributed by atoms with Crippen molar-refractivity contribution in [2.45, 2.75) is 81.0 Å². The van der Waals surface area contributed by atoms with Crippen molar-refractivity contribution in [1.29, 1.82) is 0 Å². The number of fused-ring (bicyclic) bond motifs is 1. The highest BCUT2D eigenvalue weighted by atomic mass is 33.1. The van der Waals surface area contributed by atoms with Gasteiger partial charge in [0.2, 0.25) is 0 Å². The number of esters is 1. The van der Waals surface area contributed by atoms with E-state index in [1.54, 1.807) is 0 Å². The molecule has 23 nitrogen and oxygen atoms in total. The molecule has 2 unspecified atom stereocenters. The molecule has 0 radical (unpaired) electrons. The molecule has 9 N–H and O–H groups in total. The highest BCUT2D eigenvalue weighted by Crippen LogP contribution is 2.50. The molecule has 3 aromatic heterocycles. The lowest BCUT2D eigenvalue weighted by molar-refractivity contribution is -0.165. The molecule has 5 rings (SSSR count). The zero-order valence-electron chi connectivity index (χ0n) is 28.1. The maximum Gasteiger partial charge on any atom is 0.472 e. The lowest BCUT2D eigenvalue weighted by Gasteiger charge is -2.24. The van der Waals surface area contributed by atoms with Crippen molar-refractivity contribution in [1.82, 2.24) is 29.1 Å². The van der Waals surface area contributed by atoms with Gasteiger partial charge in [0, 0.05) is 23.1 Å². The molecule has 2 aliphatic rings. The smallest absolute Gasteiger partial charge is 0.455 e. The maximum absolute atomic E-state index is 13.3. The number of phosphoric ester groups is 2. The number of imidazole rings is 1. The van der Waals surface area contributed by atoms with Crippen LogP contribution in [0.1, 0.15) is 39.6 Å². The first-order valence-electron chi connectivity index (χ1n) is 15.5. The van der Waals surface area contributed by atoms with Crippen LogP contribution in [0.4, 0.5) is 11.6 Å². The summed E-state index contributed by atoms with van der Waals surface area (Å²) in [7, 11) is -7.55. The number of nitrogens with zero attached hydrogens (tertiary/aromatic N) is 6. The Kier molecular flexibility index (Phi) is 12.9. The van der Waals surface area contributed by atoms with E-state index in [2.05, 4.69) is 24.5 Å². The van der Waals surface area contributed by atoms with E-state index in [0.717, 1.165) is 10.9 Å². The Morgan fingerprint density at radius 1 is 1.09 bits per heavy atom. The first-order chi connectivity index (χ1) is 24.7. The van der Waals surface area contributed by atoms with Gasteiger partial charge < -0.3 is 50.6 Å². The molecule has 2 fully saturated rings. The summed E-state index contributed by atoms with van der Waals surface area (Å²) in [5.41, 5.74) is 10.9. The van der Waals surface area contributed by atoms with Gasteiger partial charge in [-0.25, -0.2) is 33.7 Å². The number of aliphatic hydroxyl groups is 2. The molecule has 0 saturated carbocycles. The van der Waals surface area contributed by atoms with Gasteiger partial charge >= 0.3 is 27.3 Å². The fourth-order valence-corrected chi connectivity index (χ4v) is 8.80. The molecule has 0 bridgehead atoms. The summed E-state index contributed by atoms with van der Waals surface area (Å²) in [4.78, 5) is 70.3. The molecule has 0 spiro atoms. The van der Waals surface area contributed by atoms with Crippen LogP contribution in [0.3, 0.4) is 0 Å². The van der Waals surface area contributed by atoms with E-state index < -0.39 is 89.6 Å². The number of carbonyl (C=O) groups excluding carboxylic acids is 1. The number of aliphatic hydroxyl groups excluding tert-OH is 2. The summed E-state index contributed by atoms with van der Waals surface area (Å²) in [5.74, 6) is -1.25. The number of rotatable bonds is 15. The maximum atomic E-state index is 13.3. The van der Waals surface area contributed by atoms with Gasteiger partial charge in [-0.3, -0.25) is 22.7 Å². The summed E-state index contributed by atoms with van der Waals surface area (Å²) in [6, 6.07) is 1.28. The highest BCUT2D eigenvalue weighted by Gasteiger charge is 2.50. The van der Waals surface area contributed by atoms with Crippen molar-refractivity contribution in [2.24, 2.45) is 0 Å². The van der Waals surface area contributed by atoms with Crippen LogP contribution in [-0.2, 0) is 41.7 Å². The lowest BCUT2D eigenvalue weighted by atomic mass is 10.1. The third-order valence-corrected chi connectivity index (χ3v) is 12.3. The Morgan fingerprint density at radius 3 is 2.49 bits per heavy atom. The van der Waals surface area contributed by atoms with Crippen molar-refractivity contribution in [3.63, 3.8) is 0 Å². The Bertz CT molecular complexity index is 1930. The SMILES string of the molecule is CC(C)(C)SSCC(O)C(=O)O[C@H]1[C@@H](O)[C@H](n2cnc3c(N)ncnc32)O[C@@H]1COP(=O)(O)O[C@H]1C[C@H](n2ccc(N)nc2=O)O[C@@H]1COP(=O)(O)O. The third-order valence-electron chi connectivity index (χ3n) is 7.45. The first kappa shape index (κ1) is 41.4. The molecule has 2 saturated heterocycles. The van der Waals surface area contributed by atoms with E-state index in [1.807, 2.05) is 20.8 Å². The van der Waals surface area contributed by atoms with Crippen molar-refractivity contribution < 1.29 is 66.6 Å². The first-order valence-corrected chi connectivity index (χ1v) is 20.9. The Labute approximate surface area is 307 Å². The number of nitrogens with two attached hydrogens (primary N) is 2. The highest BCUT2D eigenvalue weighted by molar-refractivity contribution is 8.77. The van der Waals surface area contributed by atoms with Crippen LogP contribution in [-0.4, -0.2) is 120 Å². The zero-order chi connectivity index (χ0) is 38.9. The number of anilines is 2. The predicted molar refractivity (Wildman–Crippen MR) is 185 cm³/mol. The van der Waals surface area contributed by atoms with Crippen molar-refractivity contribution in [3.05, 3.63) is 35.4 Å². The van der Waals surface area contributed by atoms with Crippen LogP contribution in [0.2, 0.25) is 0 Å². The number of aromatic nitrogens is 6. The fourth-order valence-electron chi connectivity index (χ4n) is 5.16. The molecule has 5 heterocycles. The lowest BCUT2D eigenvalue weighted by Crippen LogP contribution is -2.41. The van der Waals surface area contributed by atoms with Crippen LogP contribution in [0.15, 0.2) is 29.7 Å². The molecule has 53 heavy (non-hydrogen) atoms. The van der Waals surface area contributed by atoms with Crippen LogP contribution >= 0.6 is 37.2 Å². The topological polar surface area (TPSA) is 338 Å². The standard InChI is InChI=1S/C26H38N8O15P2S2/c1-26(2,3)53-52-9-12(35)24(37)48-20-15(47-23(19(20)36)34-11-31-18-21(28)29-10-30-22(18)34)8-45-51(42,43)49-13-6-17(33-5-4-16(27)32-25(33)38)46-14(13)7-44-50(39,40)41/h4-5,10-15,17,19-20,23,35-36H,6-9H2,1-3H3,(H,42,43)(H2,27,32,38)(H2,28,29,30)(H2,39,40,41)/t12?,13-,14+,15+,17+,19+,20+,23+/m0/s1. The minimum Gasteiger partial charge on any atom is -0.455 e. The van der Waals surface area contributed by atoms with Crippen LogP contribution < -0.4 is 17.2 Å². The summed E-state index contributed by atoms with van der Waals surface area (Å²) in [6.07, 6.45) is -8.49. The molecule has 0 amide bonds. The second-order valence-corrected chi connectivity index (χ2v) is 18.5. The van der Waals surface area contributed by atoms with E-state index in [0.29, 0.717) is 0 Å². The predicted octanol–water partition coefficient (Wildman–Crippen LogP) is -0.142. The molecular formula is C26H38N8O15P2S2. The Hall–Kier alpha value is -2.74. The van der Waals surface area contributed by atoms with E-state index in [-0.39, 0.29) is 39.7 Å². The van der Waals surface area contributed by atoms with Crippen molar-refractivity contribution in [2.75, 3.05) is 30.4 Å². The average Bonchev–Trinajstić information content (AvgIpc) is 3.74. The van der Waals surface area contributed by atoms with Gasteiger partial charge in [-0.05, 0) is 6.07 Å². The van der Waals surface area contributed by atoms with Gasteiger partial charge in [-0.1, -0.05) is 42.4 Å². The second kappa shape index (κ2) is 16.5. The van der Waals surface area contributed by atoms with E-state index in [4.69, 9.17) is 34.7 Å². The largest absolute Gasteiger partial charge is 0.472 e. The van der Waals surface area contributed by atoms with Crippen molar-refractivity contribution in [3.8, 4) is 0 Å². The Morgan fingerprint density at radius 2 is 1.81 bits per heavy atom. The van der Waals surface area contributed by atoms with E-state index in [1.165, 1.54) is 44.7 Å². The molecule has 294 valence electrons. The van der Waals surface area contributed by atoms with Gasteiger partial charge in [0.15, 0.2) is 29.9 Å². The van der Waals surface area contributed by atoms with Crippen molar-refractivity contribution >= 4 is 66.0 Å². The number of ether oxygens (including phenoxy) is 3. The number of hydrogen-bond donors (Lipinski definition) is 7. The number of phosphoric acid groups is 2. The molecule has 3 aromatic rings. The van der Waals surface area contributed by atoms with Gasteiger partial charge in [0.1, 0.15) is 48.3 Å². The summed E-state index contributed by atoms with van der Waals surface area (Å²) < 4.78 is 59.0. The molecule has 0 aromatic carbocycles. The number of carbonyl (C=O) groups is 1. The molecule has 0 aliphatic carbocycles. The normalized spacial score (nSPS) is 26.8. The zero-order valence-corrected chi connectivity index (χ0v) is 31.5. The molecule has 2 aliphatic heterocycles. The fraction of sp³-hybridized carbons (Fsp3) is 0.615. The van der Waals surface area contributed by atoms with E-state index >= 15 is 0 Å². The quantitative estimate of drug-likeness (QED) is 0.0595. The minimum absolute atomic E-state index is 0.0244. The molecule has 9 atom stereocenters. The summed E-state index contributed by atoms with van der Waals surface area (Å²) in [5, 5.41) is 21.9. The monoisotopic (exact) mass is 828 g/mol. The van der Waals surface area contributed by atoms with Gasteiger partial charge in [0.25, 0.3) is 0 Å². The van der Waals surface area contributed by atoms with Crippen LogP contribution in [0.25, 0.3) is 11.2 Å². The van der Waals surface area contributed by atoms with Crippen LogP contribution in [0, 0.1) is 0 Å². The molecule has 27 heteroatoms. The van der Waals surface area contributed by atoms with Gasteiger partial charge in [-0.15, -0.1) is 0 Å².